The monoisotopic (exact) mass is 208 g/mol. The number of nitrogens with zero attached hydrogens (tertiary/aromatic N) is 2. The molecular formula is C14H12N2. The molecule has 0 unspecified atom stereocenters. The van der Waals surface area contributed by atoms with E-state index in [1.807, 2.05) is 24.4 Å². The second-order valence-corrected chi connectivity index (χ2v) is 3.73. The van der Waals surface area contributed by atoms with Gasteiger partial charge in [0.05, 0.1) is 12.5 Å². The van der Waals surface area contributed by atoms with Gasteiger partial charge in [0.25, 0.3) is 0 Å². The molecule has 0 fully saturated rings. The van der Waals surface area contributed by atoms with Gasteiger partial charge in [0.1, 0.15) is 0 Å². The largest absolute Gasteiger partial charge is 0.264 e. The number of hydrogen-bond donors (Lipinski definition) is 0. The normalized spacial score (nSPS) is 9.75. The van der Waals surface area contributed by atoms with Crippen molar-refractivity contribution in [2.75, 3.05) is 0 Å². The van der Waals surface area contributed by atoms with Gasteiger partial charge in [-0.2, -0.15) is 5.26 Å². The molecule has 2 aromatic rings. The maximum Gasteiger partial charge on any atom is 0.0669 e. The highest BCUT2D eigenvalue weighted by atomic mass is 14.6. The van der Waals surface area contributed by atoms with Crippen LogP contribution in [0.4, 0.5) is 0 Å². The van der Waals surface area contributed by atoms with Crippen molar-refractivity contribution in [3.63, 3.8) is 0 Å². The average Bonchev–Trinajstić information content (AvgIpc) is 2.31. The first-order valence-corrected chi connectivity index (χ1v) is 5.18. The van der Waals surface area contributed by atoms with Crippen molar-refractivity contribution in [1.82, 2.24) is 4.98 Å². The predicted molar refractivity (Wildman–Crippen MR) is 63.7 cm³/mol. The van der Waals surface area contributed by atoms with E-state index in [2.05, 4.69) is 30.1 Å². The predicted octanol–water partition coefficient (Wildman–Crippen LogP) is 3.12. The lowest BCUT2D eigenvalue weighted by atomic mass is 9.99. The van der Waals surface area contributed by atoms with Crippen molar-refractivity contribution in [2.45, 2.75) is 13.3 Å². The summed E-state index contributed by atoms with van der Waals surface area (Å²) in [5.41, 5.74) is 4.53. The molecule has 0 spiro atoms. The zero-order chi connectivity index (χ0) is 11.4. The summed E-state index contributed by atoms with van der Waals surface area (Å²) >= 11 is 0. The van der Waals surface area contributed by atoms with Crippen LogP contribution in [0.15, 0.2) is 42.7 Å². The van der Waals surface area contributed by atoms with E-state index in [1.165, 1.54) is 11.1 Å². The molecule has 2 heteroatoms. The highest BCUT2D eigenvalue weighted by Crippen LogP contribution is 2.23. The summed E-state index contributed by atoms with van der Waals surface area (Å²) in [6.07, 6.45) is 4.09. The fraction of sp³-hybridized carbons (Fsp3) is 0.143. The van der Waals surface area contributed by atoms with Crippen molar-refractivity contribution in [3.8, 4) is 17.2 Å². The molecule has 2 nitrogen and oxygen atoms in total. The lowest BCUT2D eigenvalue weighted by Crippen LogP contribution is -1.88. The lowest BCUT2D eigenvalue weighted by molar-refractivity contribution is 1.24. The summed E-state index contributed by atoms with van der Waals surface area (Å²) in [6, 6.07) is 12.2. The summed E-state index contributed by atoms with van der Waals surface area (Å²) in [6.45, 7) is 2.06. The number of hydrogen-bond acceptors (Lipinski definition) is 2. The van der Waals surface area contributed by atoms with Crippen LogP contribution in [0.3, 0.4) is 0 Å². The molecule has 1 heterocycles. The van der Waals surface area contributed by atoms with Crippen LogP contribution >= 0.6 is 0 Å². The number of nitriles is 1. The third-order valence-electron chi connectivity index (χ3n) is 2.55. The Hall–Kier alpha value is -2.14. The van der Waals surface area contributed by atoms with Gasteiger partial charge in [-0.25, -0.2) is 0 Å². The Bertz CT molecular complexity index is 524. The van der Waals surface area contributed by atoms with Gasteiger partial charge in [0.2, 0.25) is 0 Å². The Morgan fingerprint density at radius 2 is 2.19 bits per heavy atom. The molecule has 0 atom stereocenters. The van der Waals surface area contributed by atoms with Crippen molar-refractivity contribution in [2.24, 2.45) is 0 Å². The molecule has 0 saturated carbocycles. The van der Waals surface area contributed by atoms with Crippen molar-refractivity contribution in [1.29, 1.82) is 5.26 Å². The van der Waals surface area contributed by atoms with Crippen LogP contribution in [0.1, 0.15) is 11.1 Å². The SMILES string of the molecule is Cc1cc(CC#N)ccc1-c1cccnc1. The van der Waals surface area contributed by atoms with Gasteiger partial charge in [-0.05, 0) is 29.7 Å². The molecule has 1 aromatic heterocycles. The van der Waals surface area contributed by atoms with E-state index in [4.69, 9.17) is 5.26 Å². The van der Waals surface area contributed by atoms with E-state index in [9.17, 15) is 0 Å². The fourth-order valence-electron chi connectivity index (χ4n) is 1.77. The van der Waals surface area contributed by atoms with Crippen molar-refractivity contribution in [3.05, 3.63) is 53.9 Å². The molecule has 0 bridgehead atoms. The minimum Gasteiger partial charge on any atom is -0.264 e. The van der Waals surface area contributed by atoms with E-state index < -0.39 is 0 Å². The molecule has 78 valence electrons. The third-order valence-corrected chi connectivity index (χ3v) is 2.55. The number of aromatic nitrogens is 1. The molecule has 0 N–H and O–H groups in total. The van der Waals surface area contributed by atoms with E-state index in [-0.39, 0.29) is 0 Å². The molecule has 16 heavy (non-hydrogen) atoms. The zero-order valence-corrected chi connectivity index (χ0v) is 9.14. The Kier molecular flexibility index (Phi) is 2.98. The van der Waals surface area contributed by atoms with Gasteiger partial charge >= 0.3 is 0 Å². The lowest BCUT2D eigenvalue weighted by Gasteiger charge is -2.06. The number of rotatable bonds is 2. The maximum atomic E-state index is 8.64. The highest BCUT2D eigenvalue weighted by molar-refractivity contribution is 5.66. The Balaban J connectivity index is 2.41. The number of benzene rings is 1. The minimum atomic E-state index is 0.466. The van der Waals surface area contributed by atoms with E-state index in [0.717, 1.165) is 11.1 Å². The quantitative estimate of drug-likeness (QED) is 0.760. The summed E-state index contributed by atoms with van der Waals surface area (Å²) in [5, 5.41) is 8.64. The van der Waals surface area contributed by atoms with Crippen LogP contribution in [0.25, 0.3) is 11.1 Å². The first-order chi connectivity index (χ1) is 7.81. The average molecular weight is 208 g/mol. The van der Waals surface area contributed by atoms with Gasteiger partial charge in [-0.15, -0.1) is 0 Å². The molecule has 1 aromatic carbocycles. The van der Waals surface area contributed by atoms with Crippen LogP contribution in [0.5, 0.6) is 0 Å². The molecule has 0 radical (unpaired) electrons. The Labute approximate surface area is 95.2 Å². The molecule has 0 amide bonds. The van der Waals surface area contributed by atoms with Crippen LogP contribution in [0, 0.1) is 18.3 Å². The summed E-state index contributed by atoms with van der Waals surface area (Å²) in [4.78, 5) is 4.11. The van der Waals surface area contributed by atoms with Gasteiger partial charge in [0, 0.05) is 18.0 Å². The molecule has 0 aliphatic rings. The Morgan fingerprint density at radius 1 is 1.31 bits per heavy atom. The maximum absolute atomic E-state index is 8.64. The van der Waals surface area contributed by atoms with Gasteiger partial charge < -0.3 is 0 Å². The molecule has 0 saturated heterocycles. The standard InChI is InChI=1S/C14H12N2/c1-11-9-12(6-7-15)4-5-14(11)13-3-2-8-16-10-13/h2-5,8-10H,6H2,1H3. The summed E-state index contributed by atoms with van der Waals surface area (Å²) in [7, 11) is 0. The van der Waals surface area contributed by atoms with Crippen LogP contribution in [0.2, 0.25) is 0 Å². The van der Waals surface area contributed by atoms with Crippen LogP contribution < -0.4 is 0 Å². The summed E-state index contributed by atoms with van der Waals surface area (Å²) in [5.74, 6) is 0. The fourth-order valence-corrected chi connectivity index (χ4v) is 1.77. The van der Waals surface area contributed by atoms with E-state index in [1.54, 1.807) is 6.20 Å². The molecule has 2 rings (SSSR count). The Morgan fingerprint density at radius 3 is 2.81 bits per heavy atom. The summed E-state index contributed by atoms with van der Waals surface area (Å²) < 4.78 is 0. The van der Waals surface area contributed by atoms with Gasteiger partial charge in [-0.1, -0.05) is 24.3 Å². The zero-order valence-electron chi connectivity index (χ0n) is 9.14. The molecule has 0 aliphatic heterocycles. The number of aryl methyl sites for hydroxylation is 1. The smallest absolute Gasteiger partial charge is 0.0669 e. The van der Waals surface area contributed by atoms with E-state index in [0.29, 0.717) is 6.42 Å². The molecule has 0 aliphatic carbocycles. The van der Waals surface area contributed by atoms with E-state index >= 15 is 0 Å². The van der Waals surface area contributed by atoms with Crippen molar-refractivity contribution >= 4 is 0 Å². The second-order valence-electron chi connectivity index (χ2n) is 3.73. The number of pyridine rings is 1. The van der Waals surface area contributed by atoms with Crippen LogP contribution in [-0.4, -0.2) is 4.98 Å². The minimum absolute atomic E-state index is 0.466. The van der Waals surface area contributed by atoms with Gasteiger partial charge in [-0.3, -0.25) is 4.98 Å². The third kappa shape index (κ3) is 2.09. The molecular weight excluding hydrogens is 196 g/mol. The topological polar surface area (TPSA) is 36.7 Å². The first kappa shape index (κ1) is 10.4. The highest BCUT2D eigenvalue weighted by Gasteiger charge is 2.02. The second kappa shape index (κ2) is 4.59. The van der Waals surface area contributed by atoms with Gasteiger partial charge in [0.15, 0.2) is 0 Å². The van der Waals surface area contributed by atoms with Crippen molar-refractivity contribution < 1.29 is 0 Å². The first-order valence-electron chi connectivity index (χ1n) is 5.18. The van der Waals surface area contributed by atoms with Crippen LogP contribution in [-0.2, 0) is 6.42 Å².